The van der Waals surface area contributed by atoms with Gasteiger partial charge in [0.1, 0.15) is 60.0 Å². The minimum atomic E-state index is -0.628. The number of aromatic amines is 1. The number of H-pyrrole nitrogens is 1. The first-order valence-corrected chi connectivity index (χ1v) is 50.9. The van der Waals surface area contributed by atoms with Gasteiger partial charge in [-0.05, 0) is 225 Å². The molecule has 16 rings (SSSR count). The predicted molar refractivity (Wildman–Crippen MR) is 537 cm³/mol. The molecule has 141 heavy (non-hydrogen) atoms. The third kappa shape index (κ3) is 27.5. The number of carbonyl (C=O) groups excluding carboxylic acids is 12. The quantitative estimate of drug-likeness (QED) is 0.0186. The minimum absolute atomic E-state index is 0.0764. The second kappa shape index (κ2) is 52.0. The molecule has 12 amide bonds. The number of amides is 12. The monoisotopic (exact) mass is 1940 g/mol. The first-order chi connectivity index (χ1) is 68.4. The van der Waals surface area contributed by atoms with Gasteiger partial charge in [0, 0.05) is 37.8 Å². The Morgan fingerprint density at radius 3 is 1.03 bits per heavy atom. The van der Waals surface area contributed by atoms with Gasteiger partial charge < -0.3 is 82.6 Å². The molecule has 4 aliphatic heterocycles. The molecule has 37 nitrogen and oxygen atoms in total. The van der Waals surface area contributed by atoms with E-state index in [0.29, 0.717) is 74.9 Å². The van der Waals surface area contributed by atoms with Gasteiger partial charge in [-0.25, -0.2) is 4.68 Å². The van der Waals surface area contributed by atoms with E-state index in [2.05, 4.69) is 94.6 Å². The molecule has 758 valence electrons. The van der Waals surface area contributed by atoms with Gasteiger partial charge in [-0.3, -0.25) is 67.9 Å². The molecule has 0 unspecified atom stereocenters. The summed E-state index contributed by atoms with van der Waals surface area (Å²) in [6.07, 6.45) is 30.2. The molecule has 8 heterocycles. The van der Waals surface area contributed by atoms with Crippen molar-refractivity contribution in [3.63, 3.8) is 0 Å². The van der Waals surface area contributed by atoms with Gasteiger partial charge in [-0.1, -0.05) is 184 Å². The Hall–Kier alpha value is -12.9. The van der Waals surface area contributed by atoms with Crippen molar-refractivity contribution in [3.05, 3.63) is 152 Å². The molecule has 37 heteroatoms. The third-order valence-corrected chi connectivity index (χ3v) is 29.1. The number of carbonyl (C=O) groups is 12. The molecule has 4 saturated heterocycles. The van der Waals surface area contributed by atoms with Crippen LogP contribution in [0.2, 0.25) is 0 Å². The maximum absolute atomic E-state index is 13.8. The average molecular weight is 1940 g/mol. The second-order valence-electron chi connectivity index (χ2n) is 38.5. The lowest BCUT2D eigenvalue weighted by molar-refractivity contribution is -0.142. The van der Waals surface area contributed by atoms with Crippen molar-refractivity contribution in [1.82, 2.24) is 102 Å². The number of para-hydroxylation sites is 2. The van der Waals surface area contributed by atoms with Crippen LogP contribution in [-0.4, -0.2) is 257 Å². The first-order valence-electron chi connectivity index (χ1n) is 50.9. The van der Waals surface area contributed by atoms with Crippen LogP contribution in [0.1, 0.15) is 213 Å². The molecule has 4 aromatic carbocycles. The van der Waals surface area contributed by atoms with Crippen LogP contribution in [0.15, 0.2) is 151 Å². The second-order valence-corrected chi connectivity index (χ2v) is 38.5. The fourth-order valence-corrected chi connectivity index (χ4v) is 20.6. The van der Waals surface area contributed by atoms with Crippen molar-refractivity contribution < 1.29 is 62.1 Å². The summed E-state index contributed by atoms with van der Waals surface area (Å²) >= 11 is 0. The summed E-state index contributed by atoms with van der Waals surface area (Å²) in [4.78, 5) is 166. The van der Waals surface area contributed by atoms with E-state index in [1.807, 2.05) is 134 Å². The Kier molecular flexibility index (Phi) is 38.9. The molecule has 4 aliphatic carbocycles. The zero-order valence-corrected chi connectivity index (χ0v) is 82.9. The van der Waals surface area contributed by atoms with Crippen LogP contribution in [0.4, 0.5) is 23.3 Å². The maximum Gasteiger partial charge on any atom is 0.249 e. The zero-order chi connectivity index (χ0) is 100. The standard InChI is InChI=1S/C27H38N6O3.C26H36N6O3.C26H35N5O4.C25H35N7O3/c1-18-17-23(33(31-18)21-13-8-5-9-14-21)29-26(35)22-15-10-16-32(22)27(36)24(20-11-6-4-7-12-20)30-25(34)19(2)28-3;1-17(27-2)24(33)29-22(19-12-7-4-8-13-19)26(35)32-15-9-14-21(32)25(34)30-23-20(16-28-31-23)18-10-5-3-6-11-18;1-17(27-2)23(32)29-22(19-12-7-4-8-13-19)26(34)31-15-9-14-21(31)24(33)30-25-20(16-28-35-25)18-10-5-3-6-11-18;1-17(26-2)23(33)29-22(18-10-5-3-6-11-18)25(35)31-15-9-14-20(31)24(34)28-21-16-27-30-32(21)19-12-7-4-8-13-19/h5,8-9,13-14,17,19-20,22,24,28H,4,6-7,10-12,15-16H2,1-3H3,(H,29,35)(H,30,34);3,5-6,10-11,16-17,19,21-22,27H,4,7-9,12-15H2,1-2H3,(H,29,33)(H2,28,30,31,34);3,5-6,10-11,16-17,19,21-22,27H,4,7-9,12-15H2,1-2H3,(H,29,32)(H,30,33);4,7-8,12-13,16-18,20,22,26H,3,5-6,9-11,14-15H2,1-2H3,(H,28,34)(H,29,33)/t19-,22-,24-;2*17-,21-,22-;17-,20-,22-/m0000/s1. The zero-order valence-electron chi connectivity index (χ0n) is 82.9. The van der Waals surface area contributed by atoms with Gasteiger partial charge in [0.15, 0.2) is 5.82 Å². The number of anilines is 4. The number of hydrogen-bond acceptors (Lipinski definition) is 22. The Morgan fingerprint density at radius 1 is 0.355 bits per heavy atom. The maximum atomic E-state index is 13.8. The van der Waals surface area contributed by atoms with Gasteiger partial charge in [0.2, 0.25) is 76.8 Å². The predicted octanol–water partition coefficient (Wildman–Crippen LogP) is 10.3. The molecule has 8 aliphatic rings. The first kappa shape index (κ1) is 105. The van der Waals surface area contributed by atoms with Gasteiger partial charge in [-0.2, -0.15) is 14.9 Å². The van der Waals surface area contributed by atoms with E-state index in [1.54, 1.807) is 97.2 Å². The summed E-state index contributed by atoms with van der Waals surface area (Å²) in [5, 5.41) is 58.9. The van der Waals surface area contributed by atoms with Crippen LogP contribution in [0.3, 0.4) is 0 Å². The largest absolute Gasteiger partial charge is 0.343 e. The van der Waals surface area contributed by atoms with Crippen LogP contribution in [0.25, 0.3) is 33.6 Å². The van der Waals surface area contributed by atoms with Crippen molar-refractivity contribution in [1.29, 1.82) is 0 Å². The summed E-state index contributed by atoms with van der Waals surface area (Å²) in [5.74, 6) is -0.341. The number of aryl methyl sites for hydroxylation is 1. The summed E-state index contributed by atoms with van der Waals surface area (Å²) < 4.78 is 8.60. The molecule has 8 aromatic rings. The highest BCUT2D eigenvalue weighted by Gasteiger charge is 2.47. The highest BCUT2D eigenvalue weighted by Crippen LogP contribution is 2.38. The molecular weight excluding hydrogens is 1790 g/mol. The molecule has 0 radical (unpaired) electrons. The van der Waals surface area contributed by atoms with Crippen molar-refractivity contribution in [3.8, 4) is 33.6 Å². The van der Waals surface area contributed by atoms with E-state index >= 15 is 0 Å². The Morgan fingerprint density at radius 2 is 0.674 bits per heavy atom. The van der Waals surface area contributed by atoms with Crippen molar-refractivity contribution in [2.45, 2.75) is 287 Å². The average Bonchev–Trinajstić information content (AvgIpc) is 1.70. The van der Waals surface area contributed by atoms with Crippen molar-refractivity contribution >= 4 is 94.2 Å². The lowest BCUT2D eigenvalue weighted by Crippen LogP contribution is -2.57. The van der Waals surface area contributed by atoms with Crippen molar-refractivity contribution in [2.75, 3.05) is 75.6 Å². The van der Waals surface area contributed by atoms with E-state index in [4.69, 9.17) is 4.52 Å². The number of aromatic nitrogens is 8. The lowest BCUT2D eigenvalue weighted by atomic mass is 9.83. The lowest BCUT2D eigenvalue weighted by Gasteiger charge is -2.35. The number of rotatable bonds is 32. The number of nitrogens with zero attached hydrogens (tertiary/aromatic N) is 11. The van der Waals surface area contributed by atoms with Gasteiger partial charge in [0.05, 0.1) is 65.4 Å². The summed E-state index contributed by atoms with van der Waals surface area (Å²) in [6, 6.07) is 33.6. The normalized spacial score (nSPS) is 20.2. The molecule has 12 atom stereocenters. The highest BCUT2D eigenvalue weighted by atomic mass is 16.5. The minimum Gasteiger partial charge on any atom is -0.343 e. The highest BCUT2D eigenvalue weighted by molar-refractivity contribution is 6.04. The molecule has 13 N–H and O–H groups in total. The van der Waals surface area contributed by atoms with E-state index in [-0.39, 0.29) is 100 Å². The van der Waals surface area contributed by atoms with Crippen LogP contribution in [0, 0.1) is 30.6 Å². The SMILES string of the molecule is CN[C@@H](C)C(=O)N[C@H](C(=O)N1CCC[C@H]1C(=O)Nc1[nH]ncc1-c1ccccc1)C1CCCCC1.CN[C@@H](C)C(=O)N[C@H](C(=O)N1CCC[C@H]1C(=O)Nc1cc(C)nn1-c1ccccc1)C1CCCCC1.CN[C@@H](C)C(=O)N[C@H](C(=O)N1CCC[C@H]1C(=O)Nc1cnnn1-c1ccccc1)C1CCCCC1.CN[C@@H](C)C(=O)N[C@H](C(=O)N1CCC[C@H]1C(=O)Nc1oncc1-c1ccccc1)C1CCCCC1. The summed E-state index contributed by atoms with van der Waals surface area (Å²) in [5.41, 5.74) is 5.70. The van der Waals surface area contributed by atoms with Crippen LogP contribution < -0.4 is 63.8 Å². The van der Waals surface area contributed by atoms with Gasteiger partial charge >= 0.3 is 0 Å². The molecule has 8 fully saturated rings. The number of likely N-dealkylation sites (tertiary alicyclic amines) is 4. The number of benzene rings is 4. The molecule has 4 aromatic heterocycles. The number of nitrogens with one attached hydrogen (secondary N) is 13. The van der Waals surface area contributed by atoms with Crippen molar-refractivity contribution in [2.24, 2.45) is 23.7 Å². The molecular formula is C104H144N24O13. The van der Waals surface area contributed by atoms with Crippen LogP contribution in [0.5, 0.6) is 0 Å². The third-order valence-electron chi connectivity index (χ3n) is 29.1. The van der Waals surface area contributed by atoms with E-state index in [1.165, 1.54) is 6.20 Å². The van der Waals surface area contributed by atoms with Crippen LogP contribution >= 0.6 is 0 Å². The Balaban J connectivity index is 0.000000158. The number of hydrogen-bond donors (Lipinski definition) is 13. The van der Waals surface area contributed by atoms with Gasteiger partial charge in [-0.15, -0.1) is 5.10 Å². The summed E-state index contributed by atoms with van der Waals surface area (Å²) in [6.45, 7) is 11.0. The fourth-order valence-electron chi connectivity index (χ4n) is 20.6. The van der Waals surface area contributed by atoms with E-state index in [9.17, 15) is 57.5 Å². The smallest absolute Gasteiger partial charge is 0.249 e. The Labute approximate surface area is 825 Å². The Bertz CT molecular complexity index is 5050. The molecule has 0 spiro atoms. The summed E-state index contributed by atoms with van der Waals surface area (Å²) in [7, 11) is 6.89. The van der Waals surface area contributed by atoms with E-state index < -0.39 is 72.5 Å². The van der Waals surface area contributed by atoms with Crippen LogP contribution in [-0.2, 0) is 57.5 Å². The van der Waals surface area contributed by atoms with Gasteiger partial charge in [0.25, 0.3) is 0 Å². The van der Waals surface area contributed by atoms with E-state index in [0.717, 1.165) is 188 Å². The molecule has 4 saturated carbocycles. The number of likely N-dealkylation sites (N-methyl/N-ethyl adjacent to an activating group) is 4. The topological polar surface area (TPSA) is 465 Å². The fraction of sp³-hybridized carbons (Fsp3) is 0.548. The molecule has 0 bridgehead atoms.